The van der Waals surface area contributed by atoms with Crippen LogP contribution in [-0.4, -0.2) is 24.7 Å². The molecular formula is C15H14N6O2. The highest BCUT2D eigenvalue weighted by Gasteiger charge is 2.09. The number of nitrogens with zero attached hydrogens (tertiary/aromatic N) is 5. The van der Waals surface area contributed by atoms with E-state index >= 15 is 0 Å². The Hall–Kier alpha value is -3.13. The van der Waals surface area contributed by atoms with Crippen molar-refractivity contribution in [2.75, 3.05) is 0 Å². The van der Waals surface area contributed by atoms with Crippen LogP contribution in [0, 0.1) is 10.1 Å². The van der Waals surface area contributed by atoms with Gasteiger partial charge in [-0.05, 0) is 17.7 Å². The average Bonchev–Trinajstić information content (AvgIpc) is 3.03. The summed E-state index contributed by atoms with van der Waals surface area (Å²) < 4.78 is 1.62. The third kappa shape index (κ3) is 3.38. The number of hydrogen-bond donors (Lipinski definition) is 1. The summed E-state index contributed by atoms with van der Waals surface area (Å²) in [6.07, 6.45) is 1.57. The first-order valence-electron chi connectivity index (χ1n) is 6.95. The van der Waals surface area contributed by atoms with Crippen LogP contribution in [0.4, 0.5) is 5.69 Å². The lowest BCUT2D eigenvalue weighted by molar-refractivity contribution is -0.384. The van der Waals surface area contributed by atoms with E-state index in [0.717, 1.165) is 11.3 Å². The van der Waals surface area contributed by atoms with Gasteiger partial charge in [0, 0.05) is 18.7 Å². The van der Waals surface area contributed by atoms with E-state index in [1.54, 1.807) is 17.1 Å². The van der Waals surface area contributed by atoms with E-state index < -0.39 is 4.92 Å². The molecule has 0 aliphatic rings. The Bertz CT molecular complexity index is 845. The molecular weight excluding hydrogens is 296 g/mol. The fourth-order valence-corrected chi connectivity index (χ4v) is 2.16. The molecule has 3 aromatic rings. The Morgan fingerprint density at radius 1 is 1.22 bits per heavy atom. The van der Waals surface area contributed by atoms with Gasteiger partial charge in [0.25, 0.3) is 5.69 Å². The molecule has 8 heteroatoms. The Kier molecular flexibility index (Phi) is 4.07. The van der Waals surface area contributed by atoms with Crippen molar-refractivity contribution in [3.05, 3.63) is 70.2 Å². The molecule has 0 aliphatic heterocycles. The summed E-state index contributed by atoms with van der Waals surface area (Å²) in [7, 11) is 0. The second-order valence-electron chi connectivity index (χ2n) is 4.91. The predicted octanol–water partition coefficient (Wildman–Crippen LogP) is 1.76. The first kappa shape index (κ1) is 14.8. The highest BCUT2D eigenvalue weighted by Crippen LogP contribution is 2.15. The van der Waals surface area contributed by atoms with Crippen molar-refractivity contribution in [1.29, 1.82) is 0 Å². The zero-order valence-electron chi connectivity index (χ0n) is 12.2. The summed E-state index contributed by atoms with van der Waals surface area (Å²) >= 11 is 0. The van der Waals surface area contributed by atoms with E-state index in [-0.39, 0.29) is 5.69 Å². The van der Waals surface area contributed by atoms with E-state index in [0.29, 0.717) is 24.6 Å². The fraction of sp³-hybridized carbons (Fsp3) is 0.133. The molecule has 0 bridgehead atoms. The van der Waals surface area contributed by atoms with Crippen molar-refractivity contribution >= 4 is 5.69 Å². The van der Waals surface area contributed by atoms with E-state index in [2.05, 4.69) is 15.1 Å². The van der Waals surface area contributed by atoms with E-state index in [9.17, 15) is 10.1 Å². The first-order chi connectivity index (χ1) is 11.2. The largest absolute Gasteiger partial charge is 0.325 e. The number of aromatic nitrogens is 4. The number of pyridine rings is 1. The van der Waals surface area contributed by atoms with Crippen molar-refractivity contribution in [3.8, 4) is 11.5 Å². The molecule has 0 atom stereocenters. The van der Waals surface area contributed by atoms with Gasteiger partial charge in [-0.2, -0.15) is 0 Å². The fourth-order valence-electron chi connectivity index (χ4n) is 2.16. The maximum Gasteiger partial charge on any atom is 0.269 e. The molecule has 0 amide bonds. The summed E-state index contributed by atoms with van der Waals surface area (Å²) in [5, 5.41) is 15.2. The lowest BCUT2D eigenvalue weighted by Crippen LogP contribution is -2.02. The molecule has 23 heavy (non-hydrogen) atoms. The number of nitro groups is 1. The quantitative estimate of drug-likeness (QED) is 0.567. The summed E-state index contributed by atoms with van der Waals surface area (Å²) in [6, 6.07) is 11.9. The molecule has 0 fully saturated rings. The minimum atomic E-state index is -0.418. The van der Waals surface area contributed by atoms with Crippen molar-refractivity contribution in [2.24, 2.45) is 5.73 Å². The van der Waals surface area contributed by atoms with E-state index in [4.69, 9.17) is 5.73 Å². The topological polar surface area (TPSA) is 113 Å². The maximum atomic E-state index is 10.8. The van der Waals surface area contributed by atoms with Crippen LogP contribution in [-0.2, 0) is 13.1 Å². The van der Waals surface area contributed by atoms with Crippen LogP contribution in [0.5, 0.6) is 0 Å². The Morgan fingerprint density at radius 3 is 2.83 bits per heavy atom. The summed E-state index contributed by atoms with van der Waals surface area (Å²) in [5.74, 6) is 0.491. The molecule has 0 saturated heterocycles. The lowest BCUT2D eigenvalue weighted by atomic mass is 10.2. The van der Waals surface area contributed by atoms with Crippen LogP contribution in [0.1, 0.15) is 11.3 Å². The SMILES string of the molecule is NCc1cccc(-c2ncn(Cc3cccc([N+](=O)[O-])c3)n2)n1. The third-order valence-electron chi connectivity index (χ3n) is 3.25. The Labute approximate surface area is 131 Å². The summed E-state index contributed by atoms with van der Waals surface area (Å²) in [6.45, 7) is 0.744. The van der Waals surface area contributed by atoms with Gasteiger partial charge in [0.2, 0.25) is 0 Å². The van der Waals surface area contributed by atoms with Gasteiger partial charge in [0.1, 0.15) is 12.0 Å². The van der Waals surface area contributed by atoms with Gasteiger partial charge in [-0.3, -0.25) is 10.1 Å². The van der Waals surface area contributed by atoms with Gasteiger partial charge in [0.15, 0.2) is 5.82 Å². The minimum Gasteiger partial charge on any atom is -0.325 e. The highest BCUT2D eigenvalue weighted by atomic mass is 16.6. The molecule has 116 valence electrons. The van der Waals surface area contributed by atoms with Crippen molar-refractivity contribution in [3.63, 3.8) is 0 Å². The van der Waals surface area contributed by atoms with Gasteiger partial charge in [0.05, 0.1) is 17.2 Å². The maximum absolute atomic E-state index is 10.8. The van der Waals surface area contributed by atoms with Gasteiger partial charge >= 0.3 is 0 Å². The van der Waals surface area contributed by atoms with E-state index in [1.807, 2.05) is 24.3 Å². The normalized spacial score (nSPS) is 10.7. The molecule has 0 spiro atoms. The number of hydrogen-bond acceptors (Lipinski definition) is 6. The monoisotopic (exact) mass is 310 g/mol. The number of rotatable bonds is 5. The molecule has 0 aliphatic carbocycles. The highest BCUT2D eigenvalue weighted by molar-refractivity contribution is 5.48. The smallest absolute Gasteiger partial charge is 0.269 e. The molecule has 2 heterocycles. The number of nitrogens with two attached hydrogens (primary N) is 1. The van der Waals surface area contributed by atoms with Gasteiger partial charge in [-0.25, -0.2) is 14.6 Å². The molecule has 0 radical (unpaired) electrons. The zero-order chi connectivity index (χ0) is 16.2. The van der Waals surface area contributed by atoms with Crippen LogP contribution in [0.15, 0.2) is 48.8 Å². The van der Waals surface area contributed by atoms with Crippen LogP contribution < -0.4 is 5.73 Å². The van der Waals surface area contributed by atoms with Crippen LogP contribution >= 0.6 is 0 Å². The van der Waals surface area contributed by atoms with Crippen LogP contribution in [0.25, 0.3) is 11.5 Å². The van der Waals surface area contributed by atoms with Gasteiger partial charge in [-0.15, -0.1) is 5.10 Å². The van der Waals surface area contributed by atoms with Crippen LogP contribution in [0.2, 0.25) is 0 Å². The zero-order valence-corrected chi connectivity index (χ0v) is 12.2. The number of nitro benzene ring substituents is 1. The Morgan fingerprint density at radius 2 is 2.04 bits per heavy atom. The molecule has 3 rings (SSSR count). The Balaban J connectivity index is 1.82. The molecule has 0 unspecified atom stereocenters. The second-order valence-corrected chi connectivity index (χ2v) is 4.91. The van der Waals surface area contributed by atoms with Crippen molar-refractivity contribution in [1.82, 2.24) is 19.7 Å². The number of non-ortho nitro benzene ring substituents is 1. The molecule has 1 aromatic carbocycles. The molecule has 2 N–H and O–H groups in total. The minimum absolute atomic E-state index is 0.0557. The molecule has 8 nitrogen and oxygen atoms in total. The second kappa shape index (κ2) is 6.32. The van der Waals surface area contributed by atoms with Crippen molar-refractivity contribution < 1.29 is 4.92 Å². The standard InChI is InChI=1S/C15H14N6O2/c16-8-12-4-2-6-14(18-12)15-17-10-20(19-15)9-11-3-1-5-13(7-11)21(22)23/h1-7,10H,8-9,16H2. The average molecular weight is 310 g/mol. The summed E-state index contributed by atoms with van der Waals surface area (Å²) in [5.41, 5.74) is 7.82. The van der Waals surface area contributed by atoms with Crippen LogP contribution in [0.3, 0.4) is 0 Å². The van der Waals surface area contributed by atoms with Crippen molar-refractivity contribution in [2.45, 2.75) is 13.1 Å². The summed E-state index contributed by atoms with van der Waals surface area (Å²) in [4.78, 5) is 19.0. The third-order valence-corrected chi connectivity index (χ3v) is 3.25. The van der Waals surface area contributed by atoms with Gasteiger partial charge < -0.3 is 5.73 Å². The molecule has 2 aromatic heterocycles. The predicted molar refractivity (Wildman–Crippen MR) is 83.3 cm³/mol. The van der Waals surface area contributed by atoms with E-state index in [1.165, 1.54) is 12.1 Å². The number of benzene rings is 1. The first-order valence-corrected chi connectivity index (χ1v) is 6.95. The van der Waals surface area contributed by atoms with Gasteiger partial charge in [-0.1, -0.05) is 18.2 Å². The lowest BCUT2D eigenvalue weighted by Gasteiger charge is -2.01. The molecule has 0 saturated carbocycles.